The molecule has 1 aromatic rings. The van der Waals surface area contributed by atoms with Crippen molar-refractivity contribution < 1.29 is 8.42 Å². The highest BCUT2D eigenvalue weighted by Gasteiger charge is 2.11. The van der Waals surface area contributed by atoms with Crippen molar-refractivity contribution >= 4 is 21.4 Å². The van der Waals surface area contributed by atoms with Gasteiger partial charge in [0, 0.05) is 17.4 Å². The molecule has 1 aromatic carbocycles. The van der Waals surface area contributed by atoms with Crippen LogP contribution in [0.15, 0.2) is 24.3 Å². The monoisotopic (exact) mass is 283 g/mol. The summed E-state index contributed by atoms with van der Waals surface area (Å²) in [6.07, 6.45) is 4.61. The van der Waals surface area contributed by atoms with Gasteiger partial charge in [-0.1, -0.05) is 0 Å². The number of sulfonamides is 1. The topological polar surface area (TPSA) is 70.2 Å². The van der Waals surface area contributed by atoms with Crippen molar-refractivity contribution in [3.05, 3.63) is 24.3 Å². The normalized spacial score (nSPS) is 20.6. The van der Waals surface area contributed by atoms with Crippen LogP contribution in [-0.4, -0.2) is 33.8 Å². The van der Waals surface area contributed by atoms with Gasteiger partial charge in [0.1, 0.15) is 0 Å². The van der Waals surface area contributed by atoms with Gasteiger partial charge in [0.15, 0.2) is 0 Å². The number of hydrogen-bond acceptors (Lipinski definition) is 4. The Labute approximate surface area is 114 Å². The van der Waals surface area contributed by atoms with Crippen molar-refractivity contribution in [1.29, 1.82) is 0 Å². The Kier molecular flexibility index (Phi) is 4.66. The van der Waals surface area contributed by atoms with Gasteiger partial charge in [-0.3, -0.25) is 4.72 Å². The number of nitrogens with one attached hydrogen (secondary N) is 3. The fourth-order valence-corrected chi connectivity index (χ4v) is 2.81. The number of benzene rings is 1. The van der Waals surface area contributed by atoms with Gasteiger partial charge in [0.05, 0.1) is 6.26 Å². The van der Waals surface area contributed by atoms with E-state index in [9.17, 15) is 8.42 Å². The van der Waals surface area contributed by atoms with Crippen LogP contribution >= 0.6 is 0 Å². The van der Waals surface area contributed by atoms with E-state index in [4.69, 9.17) is 0 Å². The van der Waals surface area contributed by atoms with Crippen LogP contribution in [0.4, 0.5) is 11.4 Å². The van der Waals surface area contributed by atoms with Gasteiger partial charge in [0.2, 0.25) is 10.0 Å². The zero-order valence-electron chi connectivity index (χ0n) is 11.1. The van der Waals surface area contributed by atoms with Gasteiger partial charge in [-0.2, -0.15) is 0 Å². The Morgan fingerprint density at radius 1 is 1.11 bits per heavy atom. The van der Waals surface area contributed by atoms with E-state index in [0.29, 0.717) is 11.7 Å². The minimum atomic E-state index is -3.20. The zero-order chi connectivity index (χ0) is 13.7. The molecule has 0 saturated carbocycles. The van der Waals surface area contributed by atoms with E-state index in [1.807, 2.05) is 12.1 Å². The second kappa shape index (κ2) is 6.25. The highest BCUT2D eigenvalue weighted by atomic mass is 32.2. The van der Waals surface area contributed by atoms with Crippen LogP contribution in [0, 0.1) is 0 Å². The van der Waals surface area contributed by atoms with Crippen LogP contribution in [0.3, 0.4) is 0 Å². The van der Waals surface area contributed by atoms with E-state index in [1.54, 1.807) is 12.1 Å². The first kappa shape index (κ1) is 14.1. The molecule has 1 aliphatic rings. The molecule has 1 fully saturated rings. The molecule has 0 bridgehead atoms. The predicted octanol–water partition coefficient (Wildman–Crippen LogP) is 1.61. The smallest absolute Gasteiger partial charge is 0.229 e. The molecule has 1 saturated heterocycles. The van der Waals surface area contributed by atoms with Gasteiger partial charge < -0.3 is 10.6 Å². The SMILES string of the molecule is CS(=O)(=O)Nc1ccc(NC2CCCNCC2)cc1. The van der Waals surface area contributed by atoms with E-state index in [-0.39, 0.29) is 0 Å². The number of hydrogen-bond donors (Lipinski definition) is 3. The molecule has 106 valence electrons. The second-order valence-corrected chi connectivity index (χ2v) is 6.72. The van der Waals surface area contributed by atoms with E-state index in [2.05, 4.69) is 15.4 Å². The first-order valence-corrected chi connectivity index (χ1v) is 8.47. The summed E-state index contributed by atoms with van der Waals surface area (Å²) in [4.78, 5) is 0. The lowest BCUT2D eigenvalue weighted by Crippen LogP contribution is -2.21. The summed E-state index contributed by atoms with van der Waals surface area (Å²) in [7, 11) is -3.20. The molecule has 3 N–H and O–H groups in total. The molecule has 2 rings (SSSR count). The average Bonchev–Trinajstić information content (AvgIpc) is 2.58. The van der Waals surface area contributed by atoms with Crippen molar-refractivity contribution in [3.8, 4) is 0 Å². The highest BCUT2D eigenvalue weighted by Crippen LogP contribution is 2.17. The molecular formula is C13H21N3O2S. The summed E-state index contributed by atoms with van der Waals surface area (Å²) >= 11 is 0. The maximum Gasteiger partial charge on any atom is 0.229 e. The fraction of sp³-hybridized carbons (Fsp3) is 0.538. The second-order valence-electron chi connectivity index (χ2n) is 4.97. The summed E-state index contributed by atoms with van der Waals surface area (Å²) in [5.41, 5.74) is 1.63. The third-order valence-electron chi connectivity index (χ3n) is 3.13. The van der Waals surface area contributed by atoms with Gasteiger partial charge in [0.25, 0.3) is 0 Å². The van der Waals surface area contributed by atoms with Gasteiger partial charge >= 0.3 is 0 Å². The molecule has 19 heavy (non-hydrogen) atoms. The summed E-state index contributed by atoms with van der Waals surface area (Å²) in [5.74, 6) is 0. The van der Waals surface area contributed by atoms with Crippen molar-refractivity contribution in [3.63, 3.8) is 0 Å². The van der Waals surface area contributed by atoms with Crippen LogP contribution in [0.2, 0.25) is 0 Å². The number of anilines is 2. The molecule has 1 unspecified atom stereocenters. The molecule has 1 atom stereocenters. The Balaban J connectivity index is 1.94. The van der Waals surface area contributed by atoms with E-state index < -0.39 is 10.0 Å². The lowest BCUT2D eigenvalue weighted by Gasteiger charge is -2.17. The molecule has 0 aromatic heterocycles. The van der Waals surface area contributed by atoms with Crippen LogP contribution in [-0.2, 0) is 10.0 Å². The van der Waals surface area contributed by atoms with Crippen molar-refractivity contribution in [2.45, 2.75) is 25.3 Å². The highest BCUT2D eigenvalue weighted by molar-refractivity contribution is 7.92. The van der Waals surface area contributed by atoms with Gasteiger partial charge in [-0.15, -0.1) is 0 Å². The van der Waals surface area contributed by atoms with E-state index in [1.165, 1.54) is 6.42 Å². The van der Waals surface area contributed by atoms with E-state index in [0.717, 1.165) is 37.9 Å². The Morgan fingerprint density at radius 2 is 1.79 bits per heavy atom. The van der Waals surface area contributed by atoms with E-state index >= 15 is 0 Å². The maximum absolute atomic E-state index is 11.1. The van der Waals surface area contributed by atoms with Crippen LogP contribution in [0.1, 0.15) is 19.3 Å². The quantitative estimate of drug-likeness (QED) is 0.785. The Morgan fingerprint density at radius 3 is 2.47 bits per heavy atom. The lowest BCUT2D eigenvalue weighted by atomic mass is 10.1. The zero-order valence-corrected chi connectivity index (χ0v) is 12.0. The molecule has 0 spiro atoms. The molecule has 1 aliphatic heterocycles. The first-order chi connectivity index (χ1) is 9.03. The van der Waals surface area contributed by atoms with Crippen molar-refractivity contribution in [2.75, 3.05) is 29.4 Å². The largest absolute Gasteiger partial charge is 0.382 e. The molecule has 6 heteroatoms. The van der Waals surface area contributed by atoms with Crippen LogP contribution in [0.25, 0.3) is 0 Å². The third kappa shape index (κ3) is 5.08. The Bertz CT molecular complexity index is 491. The predicted molar refractivity (Wildman–Crippen MR) is 79.0 cm³/mol. The minimum absolute atomic E-state index is 0.490. The van der Waals surface area contributed by atoms with Crippen molar-refractivity contribution in [2.24, 2.45) is 0 Å². The fourth-order valence-electron chi connectivity index (χ4n) is 2.25. The molecule has 5 nitrogen and oxygen atoms in total. The standard InChI is InChI=1S/C13H21N3O2S/c1-19(17,18)16-13-6-4-12(5-7-13)15-11-3-2-9-14-10-8-11/h4-7,11,14-16H,2-3,8-10H2,1H3. The maximum atomic E-state index is 11.1. The Hall–Kier alpha value is -1.27. The van der Waals surface area contributed by atoms with Crippen molar-refractivity contribution in [1.82, 2.24) is 5.32 Å². The third-order valence-corrected chi connectivity index (χ3v) is 3.74. The molecule has 1 heterocycles. The number of rotatable bonds is 4. The summed E-state index contributed by atoms with van der Waals surface area (Å²) < 4.78 is 24.7. The summed E-state index contributed by atoms with van der Waals surface area (Å²) in [6, 6.07) is 7.86. The minimum Gasteiger partial charge on any atom is -0.382 e. The summed E-state index contributed by atoms with van der Waals surface area (Å²) in [6.45, 7) is 2.14. The molecule has 0 amide bonds. The first-order valence-electron chi connectivity index (χ1n) is 6.58. The van der Waals surface area contributed by atoms with Gasteiger partial charge in [-0.05, 0) is 56.6 Å². The summed E-state index contributed by atoms with van der Waals surface area (Å²) in [5, 5.41) is 6.87. The molecule has 0 aliphatic carbocycles. The average molecular weight is 283 g/mol. The molecular weight excluding hydrogens is 262 g/mol. The van der Waals surface area contributed by atoms with Crippen LogP contribution in [0.5, 0.6) is 0 Å². The molecule has 0 radical (unpaired) electrons. The lowest BCUT2D eigenvalue weighted by molar-refractivity contribution is 0.607. The van der Waals surface area contributed by atoms with Gasteiger partial charge in [-0.25, -0.2) is 8.42 Å². The van der Waals surface area contributed by atoms with Crippen LogP contribution < -0.4 is 15.4 Å².